The van der Waals surface area contributed by atoms with Crippen LogP contribution in [0.25, 0.3) is 0 Å². The smallest absolute Gasteiger partial charge is 0.343 e. The van der Waals surface area contributed by atoms with Crippen molar-refractivity contribution in [2.75, 3.05) is 7.11 Å². The number of benzene rings is 2. The zero-order valence-electron chi connectivity index (χ0n) is 18.4. The predicted octanol–water partition coefficient (Wildman–Crippen LogP) is 4.78. The summed E-state index contributed by atoms with van der Waals surface area (Å²) in [4.78, 5) is 35.8. The second-order valence-electron chi connectivity index (χ2n) is 9.82. The van der Waals surface area contributed by atoms with E-state index in [1.807, 2.05) is 6.07 Å². The van der Waals surface area contributed by atoms with Gasteiger partial charge in [0.1, 0.15) is 17.1 Å². The molecule has 2 aromatic rings. The van der Waals surface area contributed by atoms with Crippen LogP contribution < -0.4 is 9.47 Å². The number of ether oxygens (including phenoxy) is 2. The van der Waals surface area contributed by atoms with Crippen molar-refractivity contribution in [3.05, 3.63) is 58.7 Å². The van der Waals surface area contributed by atoms with Crippen LogP contribution in [0.4, 0.5) is 0 Å². The largest absolute Gasteiger partial charge is 0.496 e. The van der Waals surface area contributed by atoms with Gasteiger partial charge in [-0.2, -0.15) is 0 Å². The maximum atomic E-state index is 13.0. The maximum absolute atomic E-state index is 13.0. The van der Waals surface area contributed by atoms with Gasteiger partial charge in [0.05, 0.1) is 18.2 Å². The molecule has 7 nitrogen and oxygen atoms in total. The summed E-state index contributed by atoms with van der Waals surface area (Å²) in [5.74, 6) is -0.563. The molecule has 4 bridgehead atoms. The monoisotopic (exact) mass is 450 g/mol. The summed E-state index contributed by atoms with van der Waals surface area (Å²) in [7, 11) is 1.64. The third-order valence-electron chi connectivity index (χ3n) is 7.70. The van der Waals surface area contributed by atoms with Crippen molar-refractivity contribution in [2.45, 2.75) is 43.9 Å². The quantitative estimate of drug-likeness (QED) is 0.481. The third kappa shape index (κ3) is 3.75. The Kier molecular flexibility index (Phi) is 5.15. The molecule has 0 radical (unpaired) electrons. The fraction of sp³-hybridized carbons (Fsp3) is 0.423. The molecule has 0 heterocycles. The summed E-state index contributed by atoms with van der Waals surface area (Å²) in [6, 6.07) is 8.66. The SMILES string of the molecule is COc1ccc(C(=O)Oc2ccc(C(=O)O)cc2C(=O)O)cc1C12CC3CC(CC(C3)C1)C2. The van der Waals surface area contributed by atoms with E-state index in [0.29, 0.717) is 5.56 Å². The molecule has 0 saturated heterocycles. The first-order valence-electron chi connectivity index (χ1n) is 11.3. The van der Waals surface area contributed by atoms with Crippen LogP contribution in [0.5, 0.6) is 11.5 Å². The molecule has 2 aromatic carbocycles. The molecule has 0 aromatic heterocycles. The summed E-state index contributed by atoms with van der Waals surface area (Å²) >= 11 is 0. The summed E-state index contributed by atoms with van der Waals surface area (Å²) in [6.07, 6.45) is 7.21. The van der Waals surface area contributed by atoms with Crippen LogP contribution in [-0.4, -0.2) is 35.2 Å². The first-order chi connectivity index (χ1) is 15.8. The molecular weight excluding hydrogens is 424 g/mol. The van der Waals surface area contributed by atoms with Crippen molar-refractivity contribution in [3.63, 3.8) is 0 Å². The van der Waals surface area contributed by atoms with Crippen molar-refractivity contribution in [1.82, 2.24) is 0 Å². The number of carboxylic acids is 2. The highest BCUT2D eigenvalue weighted by atomic mass is 16.5. The Hall–Kier alpha value is -3.35. The molecule has 0 spiro atoms. The van der Waals surface area contributed by atoms with Gasteiger partial charge in [-0.15, -0.1) is 0 Å². The van der Waals surface area contributed by atoms with Gasteiger partial charge in [-0.25, -0.2) is 14.4 Å². The van der Waals surface area contributed by atoms with Gasteiger partial charge in [-0.3, -0.25) is 0 Å². The Morgan fingerprint density at radius 2 is 1.39 bits per heavy atom. The van der Waals surface area contributed by atoms with E-state index in [-0.39, 0.29) is 22.3 Å². The fourth-order valence-corrected chi connectivity index (χ4v) is 6.77. The lowest BCUT2D eigenvalue weighted by Crippen LogP contribution is -2.48. The van der Waals surface area contributed by atoms with Crippen LogP contribution in [0, 0.1) is 17.8 Å². The Labute approximate surface area is 191 Å². The molecule has 2 N–H and O–H groups in total. The zero-order chi connectivity index (χ0) is 23.3. The first kappa shape index (κ1) is 21.5. The molecule has 0 atom stereocenters. The lowest BCUT2D eigenvalue weighted by atomic mass is 9.48. The molecule has 4 fully saturated rings. The summed E-state index contributed by atoms with van der Waals surface area (Å²) in [5, 5.41) is 18.6. The van der Waals surface area contributed by atoms with E-state index in [4.69, 9.17) is 14.6 Å². The minimum atomic E-state index is -1.37. The average molecular weight is 450 g/mol. The number of aromatic carboxylic acids is 2. The van der Waals surface area contributed by atoms with Gasteiger partial charge in [0.25, 0.3) is 0 Å². The minimum Gasteiger partial charge on any atom is -0.496 e. The van der Waals surface area contributed by atoms with Gasteiger partial charge >= 0.3 is 17.9 Å². The molecule has 0 amide bonds. The van der Waals surface area contributed by atoms with Crippen molar-refractivity contribution in [3.8, 4) is 11.5 Å². The van der Waals surface area contributed by atoms with Gasteiger partial charge in [-0.05, 0) is 98.1 Å². The second kappa shape index (κ2) is 7.90. The number of carbonyl (C=O) groups excluding carboxylic acids is 1. The minimum absolute atomic E-state index is 0.00570. The van der Waals surface area contributed by atoms with E-state index in [1.54, 1.807) is 19.2 Å². The zero-order valence-corrected chi connectivity index (χ0v) is 18.4. The van der Waals surface area contributed by atoms with Crippen LogP contribution in [0.2, 0.25) is 0 Å². The lowest BCUT2D eigenvalue weighted by Gasteiger charge is -2.57. The van der Waals surface area contributed by atoms with Gasteiger partial charge < -0.3 is 19.7 Å². The van der Waals surface area contributed by atoms with Crippen LogP contribution in [0.15, 0.2) is 36.4 Å². The number of carbonyl (C=O) groups is 3. The number of rotatable bonds is 6. The molecule has 0 unspecified atom stereocenters. The van der Waals surface area contributed by atoms with Gasteiger partial charge in [0, 0.05) is 5.56 Å². The Morgan fingerprint density at radius 3 is 1.94 bits per heavy atom. The van der Waals surface area contributed by atoms with E-state index in [9.17, 15) is 19.5 Å². The number of carboxylic acid groups (broad SMARTS) is 2. The highest BCUT2D eigenvalue weighted by molar-refractivity contribution is 5.98. The number of esters is 1. The maximum Gasteiger partial charge on any atom is 0.343 e. The highest BCUT2D eigenvalue weighted by Crippen LogP contribution is 2.61. The summed E-state index contributed by atoms with van der Waals surface area (Å²) < 4.78 is 11.1. The van der Waals surface area contributed by atoms with Crippen LogP contribution in [0.1, 0.15) is 75.2 Å². The molecule has 6 rings (SSSR count). The van der Waals surface area contributed by atoms with E-state index >= 15 is 0 Å². The molecule has 4 aliphatic rings. The van der Waals surface area contributed by atoms with Gasteiger partial charge in [0.15, 0.2) is 0 Å². The lowest BCUT2D eigenvalue weighted by molar-refractivity contribution is -0.00618. The summed E-state index contributed by atoms with van der Waals surface area (Å²) in [5.41, 5.74) is 0.795. The fourth-order valence-electron chi connectivity index (χ4n) is 6.77. The number of hydrogen-bond donors (Lipinski definition) is 2. The van der Waals surface area contributed by atoms with Crippen molar-refractivity contribution in [1.29, 1.82) is 0 Å². The van der Waals surface area contributed by atoms with E-state index in [1.165, 1.54) is 31.4 Å². The normalized spacial score (nSPS) is 27.2. The van der Waals surface area contributed by atoms with E-state index in [0.717, 1.165) is 54.4 Å². The average Bonchev–Trinajstić information content (AvgIpc) is 2.77. The first-order valence-corrected chi connectivity index (χ1v) is 11.3. The molecule has 4 aliphatic carbocycles. The van der Waals surface area contributed by atoms with E-state index < -0.39 is 17.9 Å². The standard InChI is InChI=1S/C26H26O7/c1-32-22-5-3-18(10-20(22)26-11-14-6-15(12-26)8-16(7-14)13-26)25(31)33-21-4-2-17(23(27)28)9-19(21)24(29)30/h2-5,9-10,14-16H,6-8,11-13H2,1H3,(H,27,28)(H,29,30). The topological polar surface area (TPSA) is 110 Å². The van der Waals surface area contributed by atoms with Crippen molar-refractivity contribution >= 4 is 17.9 Å². The van der Waals surface area contributed by atoms with Crippen molar-refractivity contribution in [2.24, 2.45) is 17.8 Å². The second-order valence-corrected chi connectivity index (χ2v) is 9.82. The molecule has 7 heteroatoms. The molecule has 172 valence electrons. The van der Waals surface area contributed by atoms with Crippen molar-refractivity contribution < 1.29 is 34.1 Å². The third-order valence-corrected chi connectivity index (χ3v) is 7.70. The highest BCUT2D eigenvalue weighted by Gasteiger charge is 2.52. The van der Waals surface area contributed by atoms with Crippen LogP contribution in [-0.2, 0) is 5.41 Å². The van der Waals surface area contributed by atoms with Crippen LogP contribution >= 0.6 is 0 Å². The van der Waals surface area contributed by atoms with Gasteiger partial charge in [0.2, 0.25) is 0 Å². The molecule has 0 aliphatic heterocycles. The predicted molar refractivity (Wildman–Crippen MR) is 118 cm³/mol. The Morgan fingerprint density at radius 1 is 0.818 bits per heavy atom. The molecular formula is C26H26O7. The molecule has 33 heavy (non-hydrogen) atoms. The Bertz CT molecular complexity index is 1110. The van der Waals surface area contributed by atoms with Crippen LogP contribution in [0.3, 0.4) is 0 Å². The Balaban J connectivity index is 1.47. The number of hydrogen-bond acceptors (Lipinski definition) is 5. The molecule has 4 saturated carbocycles. The van der Waals surface area contributed by atoms with E-state index in [2.05, 4.69) is 0 Å². The number of methoxy groups -OCH3 is 1. The summed E-state index contributed by atoms with van der Waals surface area (Å²) in [6.45, 7) is 0. The van der Waals surface area contributed by atoms with Gasteiger partial charge in [-0.1, -0.05) is 0 Å².